The summed E-state index contributed by atoms with van der Waals surface area (Å²) >= 11 is 6.31. The van der Waals surface area contributed by atoms with E-state index in [2.05, 4.69) is 4.98 Å². The van der Waals surface area contributed by atoms with Crippen LogP contribution >= 0.6 is 11.6 Å². The Morgan fingerprint density at radius 1 is 1.03 bits per heavy atom. The lowest BCUT2D eigenvalue weighted by molar-refractivity contribution is -0.132. The number of benzene rings is 2. The number of nitrogens with zero attached hydrogens (tertiary/aromatic N) is 2. The van der Waals surface area contributed by atoms with Gasteiger partial charge in [0.05, 0.1) is 30.9 Å². The third-order valence-corrected chi connectivity index (χ3v) is 5.53. The molecule has 8 heteroatoms. The lowest BCUT2D eigenvalue weighted by atomic mass is 9.96. The maximum absolute atomic E-state index is 13.2. The van der Waals surface area contributed by atoms with Crippen LogP contribution in [0.4, 0.5) is 5.69 Å². The molecule has 1 fully saturated rings. The van der Waals surface area contributed by atoms with Crippen LogP contribution in [0.1, 0.15) is 17.2 Å². The Bertz CT molecular complexity index is 1230. The Morgan fingerprint density at radius 2 is 1.78 bits per heavy atom. The largest absolute Gasteiger partial charge is 0.507 e. The quantitative estimate of drug-likeness (QED) is 0.352. The van der Waals surface area contributed by atoms with Gasteiger partial charge in [0, 0.05) is 29.7 Å². The van der Waals surface area contributed by atoms with Gasteiger partial charge in [0.25, 0.3) is 11.7 Å². The third kappa shape index (κ3) is 3.67. The number of aliphatic hydroxyl groups excluding tert-OH is 1. The van der Waals surface area contributed by atoms with Gasteiger partial charge in [-0.1, -0.05) is 23.7 Å². The monoisotopic (exact) mass is 450 g/mol. The van der Waals surface area contributed by atoms with Crippen molar-refractivity contribution in [2.75, 3.05) is 19.1 Å². The minimum absolute atomic E-state index is 0.0963. The molecule has 1 saturated heterocycles. The molecule has 7 nitrogen and oxygen atoms in total. The van der Waals surface area contributed by atoms with E-state index < -0.39 is 23.5 Å². The second kappa shape index (κ2) is 8.72. The SMILES string of the molecule is COc1cccc(N2C(=O)C(=O)/C(=C(/O)c3cc(OC)ccc3Cl)C2c2cccnc2)c1. The summed E-state index contributed by atoms with van der Waals surface area (Å²) in [6, 6.07) is 14.0. The summed E-state index contributed by atoms with van der Waals surface area (Å²) in [6.45, 7) is 0. The van der Waals surface area contributed by atoms with Gasteiger partial charge in [0.2, 0.25) is 0 Å². The fourth-order valence-corrected chi connectivity index (χ4v) is 3.88. The number of aromatic nitrogens is 1. The molecule has 32 heavy (non-hydrogen) atoms. The molecule has 2 aromatic carbocycles. The first-order valence-corrected chi connectivity index (χ1v) is 10.0. The first-order chi connectivity index (χ1) is 15.5. The van der Waals surface area contributed by atoms with Crippen LogP contribution in [-0.4, -0.2) is 36.0 Å². The van der Waals surface area contributed by atoms with Gasteiger partial charge in [0.15, 0.2) is 0 Å². The van der Waals surface area contributed by atoms with E-state index in [1.807, 2.05) is 0 Å². The Hall–Kier alpha value is -3.84. The molecule has 0 spiro atoms. The molecule has 162 valence electrons. The van der Waals surface area contributed by atoms with E-state index in [1.165, 1.54) is 25.2 Å². The van der Waals surface area contributed by atoms with E-state index in [0.717, 1.165) is 0 Å². The summed E-state index contributed by atoms with van der Waals surface area (Å²) in [4.78, 5) is 31.8. The standard InChI is InChI=1S/C24H19ClN2O5/c1-31-16-7-3-6-15(11-16)27-21(14-5-4-10-26-13-14)20(23(29)24(27)30)22(28)18-12-17(32-2)8-9-19(18)25/h3-13,21,28H,1-2H3/b22-20+. The first-order valence-electron chi connectivity index (χ1n) is 9.65. The van der Waals surface area contributed by atoms with Crippen molar-refractivity contribution in [1.82, 2.24) is 4.98 Å². The molecule has 1 aliphatic heterocycles. The number of anilines is 1. The number of ketones is 1. The van der Waals surface area contributed by atoms with Crippen molar-refractivity contribution in [3.05, 3.63) is 88.7 Å². The average molecular weight is 451 g/mol. The Morgan fingerprint density at radius 3 is 2.47 bits per heavy atom. The van der Waals surface area contributed by atoms with Crippen LogP contribution in [0.2, 0.25) is 5.02 Å². The Labute approximate surface area is 189 Å². The van der Waals surface area contributed by atoms with Gasteiger partial charge in [-0.2, -0.15) is 0 Å². The van der Waals surface area contributed by atoms with E-state index in [4.69, 9.17) is 21.1 Å². The van der Waals surface area contributed by atoms with E-state index in [9.17, 15) is 14.7 Å². The fraction of sp³-hybridized carbons (Fsp3) is 0.125. The van der Waals surface area contributed by atoms with E-state index in [-0.39, 0.29) is 16.2 Å². The zero-order valence-corrected chi connectivity index (χ0v) is 18.0. The number of hydrogen-bond donors (Lipinski definition) is 1. The second-order valence-corrected chi connectivity index (χ2v) is 7.41. The predicted molar refractivity (Wildman–Crippen MR) is 120 cm³/mol. The predicted octanol–water partition coefficient (Wildman–Crippen LogP) is 4.38. The normalized spacial score (nSPS) is 17.5. The van der Waals surface area contributed by atoms with Crippen molar-refractivity contribution in [3.8, 4) is 11.5 Å². The summed E-state index contributed by atoms with van der Waals surface area (Å²) in [5, 5.41) is 11.4. The van der Waals surface area contributed by atoms with Crippen molar-refractivity contribution in [2.45, 2.75) is 6.04 Å². The van der Waals surface area contributed by atoms with Crippen LogP contribution in [0.3, 0.4) is 0 Å². The molecule has 1 aliphatic rings. The van der Waals surface area contributed by atoms with E-state index >= 15 is 0 Å². The molecule has 4 rings (SSSR count). The Kier molecular flexibility index (Phi) is 5.83. The fourth-order valence-electron chi connectivity index (χ4n) is 3.67. The van der Waals surface area contributed by atoms with Crippen LogP contribution in [0, 0.1) is 0 Å². The highest BCUT2D eigenvalue weighted by Crippen LogP contribution is 2.43. The van der Waals surface area contributed by atoms with Crippen LogP contribution < -0.4 is 14.4 Å². The summed E-state index contributed by atoms with van der Waals surface area (Å²) in [6.07, 6.45) is 3.13. The molecule has 0 bridgehead atoms. The molecule has 1 amide bonds. The number of carbonyl (C=O) groups excluding carboxylic acids is 2. The van der Waals surface area contributed by atoms with E-state index in [1.54, 1.807) is 60.9 Å². The molecule has 0 aliphatic carbocycles. The number of carbonyl (C=O) groups is 2. The summed E-state index contributed by atoms with van der Waals surface area (Å²) in [7, 11) is 2.99. The number of halogens is 1. The zero-order valence-electron chi connectivity index (χ0n) is 17.3. The van der Waals surface area contributed by atoms with Gasteiger partial charge < -0.3 is 14.6 Å². The number of amides is 1. The van der Waals surface area contributed by atoms with Crippen molar-refractivity contribution in [3.63, 3.8) is 0 Å². The maximum atomic E-state index is 13.2. The van der Waals surface area contributed by atoms with Gasteiger partial charge >= 0.3 is 0 Å². The summed E-state index contributed by atoms with van der Waals surface area (Å²) in [5.74, 6) is -1.06. The summed E-state index contributed by atoms with van der Waals surface area (Å²) < 4.78 is 10.5. The molecule has 3 aromatic rings. The van der Waals surface area contributed by atoms with Crippen LogP contribution in [0.15, 0.2) is 72.6 Å². The number of methoxy groups -OCH3 is 2. The smallest absolute Gasteiger partial charge is 0.300 e. The number of rotatable bonds is 5. The highest BCUT2D eigenvalue weighted by molar-refractivity contribution is 6.52. The van der Waals surface area contributed by atoms with Crippen LogP contribution in [0.25, 0.3) is 5.76 Å². The number of hydrogen-bond acceptors (Lipinski definition) is 6. The molecule has 1 atom stereocenters. The van der Waals surface area contributed by atoms with Crippen molar-refractivity contribution >= 4 is 34.7 Å². The molecular formula is C24H19ClN2O5. The van der Waals surface area contributed by atoms with Gasteiger partial charge in [-0.15, -0.1) is 0 Å². The molecule has 1 unspecified atom stereocenters. The highest BCUT2D eigenvalue weighted by atomic mass is 35.5. The van der Waals surface area contributed by atoms with Crippen molar-refractivity contribution in [2.24, 2.45) is 0 Å². The van der Waals surface area contributed by atoms with Crippen molar-refractivity contribution < 1.29 is 24.2 Å². The number of Topliss-reactive ketones (excluding diaryl/α,β-unsaturated/α-hetero) is 1. The molecule has 0 radical (unpaired) electrons. The molecule has 1 aromatic heterocycles. The topological polar surface area (TPSA) is 89.0 Å². The number of pyridine rings is 1. The lowest BCUT2D eigenvalue weighted by Crippen LogP contribution is -2.29. The van der Waals surface area contributed by atoms with E-state index in [0.29, 0.717) is 22.7 Å². The van der Waals surface area contributed by atoms with Gasteiger partial charge in [-0.25, -0.2) is 0 Å². The van der Waals surface area contributed by atoms with Gasteiger partial charge in [0.1, 0.15) is 17.3 Å². The maximum Gasteiger partial charge on any atom is 0.300 e. The van der Waals surface area contributed by atoms with Crippen LogP contribution in [0.5, 0.6) is 11.5 Å². The van der Waals surface area contributed by atoms with Gasteiger partial charge in [-0.3, -0.25) is 19.5 Å². The highest BCUT2D eigenvalue weighted by Gasteiger charge is 2.47. The zero-order chi connectivity index (χ0) is 22.8. The molecule has 0 saturated carbocycles. The lowest BCUT2D eigenvalue weighted by Gasteiger charge is -2.25. The average Bonchev–Trinajstić information content (AvgIpc) is 3.10. The van der Waals surface area contributed by atoms with Crippen LogP contribution in [-0.2, 0) is 9.59 Å². The first kappa shape index (κ1) is 21.4. The molecule has 1 N–H and O–H groups in total. The van der Waals surface area contributed by atoms with Gasteiger partial charge in [-0.05, 0) is 42.0 Å². The summed E-state index contributed by atoms with van der Waals surface area (Å²) in [5.41, 5.74) is 1.08. The Balaban J connectivity index is 1.96. The third-order valence-electron chi connectivity index (χ3n) is 5.20. The minimum atomic E-state index is -0.918. The second-order valence-electron chi connectivity index (χ2n) is 7.00. The number of aliphatic hydroxyl groups is 1. The minimum Gasteiger partial charge on any atom is -0.507 e. The van der Waals surface area contributed by atoms with Crippen molar-refractivity contribution in [1.29, 1.82) is 0 Å². The number of ether oxygens (including phenoxy) is 2. The molecular weight excluding hydrogens is 432 g/mol. The molecule has 2 heterocycles.